The Kier molecular flexibility index (Phi) is 2.52. The van der Waals surface area contributed by atoms with Crippen molar-refractivity contribution < 1.29 is 5.11 Å². The van der Waals surface area contributed by atoms with Crippen LogP contribution in [0.1, 0.15) is 30.5 Å². The van der Waals surface area contributed by atoms with Gasteiger partial charge < -0.3 is 10.8 Å². The smallest absolute Gasteiger partial charge is 0.108 e. The summed E-state index contributed by atoms with van der Waals surface area (Å²) >= 11 is 0. The van der Waals surface area contributed by atoms with Gasteiger partial charge in [0.25, 0.3) is 0 Å². The summed E-state index contributed by atoms with van der Waals surface area (Å²) < 4.78 is 0. The van der Waals surface area contributed by atoms with Gasteiger partial charge in [0.2, 0.25) is 0 Å². The molecule has 0 aromatic carbocycles. The minimum Gasteiger partial charge on any atom is -0.383 e. The average Bonchev–Trinajstić information content (AvgIpc) is 2.19. The van der Waals surface area contributed by atoms with Crippen LogP contribution in [0.3, 0.4) is 0 Å². The van der Waals surface area contributed by atoms with E-state index >= 15 is 0 Å². The molecule has 1 aliphatic carbocycles. The topological polar surface area (TPSA) is 59.1 Å². The van der Waals surface area contributed by atoms with Gasteiger partial charge in [0, 0.05) is 6.20 Å². The number of hydrogen-bond acceptors (Lipinski definition) is 3. The van der Waals surface area contributed by atoms with E-state index in [2.05, 4.69) is 4.98 Å². The van der Waals surface area contributed by atoms with Crippen molar-refractivity contribution in [2.45, 2.75) is 31.3 Å². The second-order valence-corrected chi connectivity index (χ2v) is 3.93. The number of hydrogen-bond donors (Lipinski definition) is 2. The van der Waals surface area contributed by atoms with Crippen LogP contribution in [0.15, 0.2) is 18.3 Å². The molecular weight excluding hydrogens is 176 g/mol. The molecule has 14 heavy (non-hydrogen) atoms. The lowest BCUT2D eigenvalue weighted by atomic mass is 9.81. The summed E-state index contributed by atoms with van der Waals surface area (Å²) in [7, 11) is 0. The maximum absolute atomic E-state index is 10.4. The number of aliphatic hydroxyl groups is 1. The summed E-state index contributed by atoms with van der Waals surface area (Å²) in [5.41, 5.74) is 6.76. The van der Waals surface area contributed by atoms with Crippen LogP contribution < -0.4 is 5.73 Å². The largest absolute Gasteiger partial charge is 0.383 e. The van der Waals surface area contributed by atoms with Crippen molar-refractivity contribution >= 4 is 0 Å². The summed E-state index contributed by atoms with van der Waals surface area (Å²) in [6.45, 7) is 0.506. The molecule has 1 aliphatic rings. The minimum atomic E-state index is -0.774. The van der Waals surface area contributed by atoms with Crippen LogP contribution in [-0.4, -0.2) is 16.6 Å². The number of fused-ring (bicyclic) bond motifs is 1. The molecule has 3 nitrogen and oxygen atoms in total. The number of nitrogens with zero attached hydrogens (tertiary/aromatic N) is 1. The van der Waals surface area contributed by atoms with Crippen molar-refractivity contribution in [2.75, 3.05) is 6.54 Å². The lowest BCUT2D eigenvalue weighted by Gasteiger charge is -2.32. The quantitative estimate of drug-likeness (QED) is 0.733. The standard InChI is InChI=1S/C11H16N2O/c12-7-6-11(14)5-1-3-9-4-2-8-13-10(9)11/h2,4,8,14H,1,3,5-7,12H2. The highest BCUT2D eigenvalue weighted by Gasteiger charge is 2.34. The van der Waals surface area contributed by atoms with Gasteiger partial charge in [0.15, 0.2) is 0 Å². The Hall–Kier alpha value is -0.930. The number of pyridine rings is 1. The van der Waals surface area contributed by atoms with Gasteiger partial charge in [0.1, 0.15) is 5.60 Å². The molecule has 0 spiro atoms. The zero-order valence-corrected chi connectivity index (χ0v) is 8.24. The number of rotatable bonds is 2. The zero-order chi connectivity index (χ0) is 10.0. The van der Waals surface area contributed by atoms with Crippen molar-refractivity contribution in [2.24, 2.45) is 5.73 Å². The highest BCUT2D eigenvalue weighted by Crippen LogP contribution is 2.35. The molecule has 0 fully saturated rings. The Morgan fingerprint density at radius 2 is 2.43 bits per heavy atom. The Morgan fingerprint density at radius 1 is 1.57 bits per heavy atom. The Bertz CT molecular complexity index is 327. The van der Waals surface area contributed by atoms with Crippen LogP contribution in [0, 0.1) is 0 Å². The summed E-state index contributed by atoms with van der Waals surface area (Å²) in [6.07, 6.45) is 5.18. The Labute approximate surface area is 84.0 Å². The third kappa shape index (κ3) is 1.53. The van der Waals surface area contributed by atoms with Crippen LogP contribution in [0.5, 0.6) is 0 Å². The Balaban J connectivity index is 2.39. The van der Waals surface area contributed by atoms with Gasteiger partial charge in [0.05, 0.1) is 5.69 Å². The van der Waals surface area contributed by atoms with Crippen molar-refractivity contribution in [1.29, 1.82) is 0 Å². The van der Waals surface area contributed by atoms with Gasteiger partial charge in [-0.3, -0.25) is 4.98 Å². The first-order valence-electron chi connectivity index (χ1n) is 5.13. The van der Waals surface area contributed by atoms with E-state index in [9.17, 15) is 5.11 Å². The first-order chi connectivity index (χ1) is 6.76. The predicted octanol–water partition coefficient (Wildman–Crippen LogP) is 0.954. The summed E-state index contributed by atoms with van der Waals surface area (Å²) in [5.74, 6) is 0. The molecule has 1 aromatic rings. The predicted molar refractivity (Wildman–Crippen MR) is 54.7 cm³/mol. The normalized spacial score (nSPS) is 25.9. The molecule has 0 bridgehead atoms. The SMILES string of the molecule is NCCC1(O)CCCc2cccnc21. The van der Waals surface area contributed by atoms with Gasteiger partial charge in [-0.2, -0.15) is 0 Å². The highest BCUT2D eigenvalue weighted by molar-refractivity contribution is 5.28. The van der Waals surface area contributed by atoms with E-state index in [1.54, 1.807) is 6.20 Å². The molecule has 0 radical (unpaired) electrons. The third-order valence-electron chi connectivity index (χ3n) is 2.93. The van der Waals surface area contributed by atoms with Gasteiger partial charge in [-0.15, -0.1) is 0 Å². The van der Waals surface area contributed by atoms with E-state index in [-0.39, 0.29) is 0 Å². The van der Waals surface area contributed by atoms with Gasteiger partial charge in [-0.25, -0.2) is 0 Å². The molecule has 0 amide bonds. The molecule has 0 aliphatic heterocycles. The molecule has 1 atom stereocenters. The van der Waals surface area contributed by atoms with Crippen molar-refractivity contribution in [3.8, 4) is 0 Å². The monoisotopic (exact) mass is 192 g/mol. The molecule has 1 unspecified atom stereocenters. The molecule has 1 aromatic heterocycles. The van der Waals surface area contributed by atoms with Crippen molar-refractivity contribution in [1.82, 2.24) is 4.98 Å². The molecular formula is C11H16N2O. The fourth-order valence-corrected chi connectivity index (χ4v) is 2.23. The van der Waals surface area contributed by atoms with Gasteiger partial charge >= 0.3 is 0 Å². The van der Waals surface area contributed by atoms with E-state index in [1.807, 2.05) is 12.1 Å². The lowest BCUT2D eigenvalue weighted by molar-refractivity contribution is 0.00800. The average molecular weight is 192 g/mol. The molecule has 76 valence electrons. The van der Waals surface area contributed by atoms with E-state index < -0.39 is 5.60 Å². The number of aryl methyl sites for hydroxylation is 1. The fourth-order valence-electron chi connectivity index (χ4n) is 2.23. The highest BCUT2D eigenvalue weighted by atomic mass is 16.3. The number of nitrogens with two attached hydrogens (primary N) is 1. The number of aromatic nitrogens is 1. The molecule has 3 N–H and O–H groups in total. The van der Waals surface area contributed by atoms with E-state index in [0.717, 1.165) is 25.0 Å². The molecule has 0 saturated heterocycles. The maximum Gasteiger partial charge on any atom is 0.108 e. The fraction of sp³-hybridized carbons (Fsp3) is 0.545. The van der Waals surface area contributed by atoms with Crippen LogP contribution in [0.25, 0.3) is 0 Å². The second-order valence-electron chi connectivity index (χ2n) is 3.93. The summed E-state index contributed by atoms with van der Waals surface area (Å²) in [5, 5.41) is 10.4. The molecule has 1 heterocycles. The third-order valence-corrected chi connectivity index (χ3v) is 2.93. The van der Waals surface area contributed by atoms with E-state index in [0.29, 0.717) is 13.0 Å². The van der Waals surface area contributed by atoms with Crippen molar-refractivity contribution in [3.05, 3.63) is 29.6 Å². The van der Waals surface area contributed by atoms with Gasteiger partial charge in [-0.1, -0.05) is 6.07 Å². The van der Waals surface area contributed by atoms with E-state index in [1.165, 1.54) is 5.56 Å². The van der Waals surface area contributed by atoms with Gasteiger partial charge in [-0.05, 0) is 43.9 Å². The first-order valence-corrected chi connectivity index (χ1v) is 5.13. The van der Waals surface area contributed by atoms with Crippen LogP contribution in [0.2, 0.25) is 0 Å². The van der Waals surface area contributed by atoms with Crippen LogP contribution >= 0.6 is 0 Å². The summed E-state index contributed by atoms with van der Waals surface area (Å²) in [4.78, 5) is 4.29. The maximum atomic E-state index is 10.4. The summed E-state index contributed by atoms with van der Waals surface area (Å²) in [6, 6.07) is 3.97. The van der Waals surface area contributed by atoms with Crippen LogP contribution in [0.4, 0.5) is 0 Å². The van der Waals surface area contributed by atoms with E-state index in [4.69, 9.17) is 5.73 Å². The zero-order valence-electron chi connectivity index (χ0n) is 8.24. The molecule has 3 heteroatoms. The first kappa shape index (κ1) is 9.62. The Morgan fingerprint density at radius 3 is 3.21 bits per heavy atom. The molecule has 2 rings (SSSR count). The lowest BCUT2D eigenvalue weighted by Crippen LogP contribution is -2.34. The second kappa shape index (κ2) is 3.67. The van der Waals surface area contributed by atoms with Crippen molar-refractivity contribution in [3.63, 3.8) is 0 Å². The van der Waals surface area contributed by atoms with Crippen LogP contribution in [-0.2, 0) is 12.0 Å². The minimum absolute atomic E-state index is 0.506. The molecule has 0 saturated carbocycles.